The average molecular weight is 362 g/mol. The number of rotatable bonds is 15. The average Bonchev–Trinajstić information content (AvgIpc) is 2.36. The SMILES string of the molecule is O=P(O)(O)OCCCCCCCCCCCCOP(=O)(O)O. The van der Waals surface area contributed by atoms with Gasteiger partial charge in [-0.05, 0) is 12.8 Å². The van der Waals surface area contributed by atoms with Gasteiger partial charge in [-0.2, -0.15) is 0 Å². The summed E-state index contributed by atoms with van der Waals surface area (Å²) in [6, 6.07) is 0. The van der Waals surface area contributed by atoms with Crippen molar-refractivity contribution < 1.29 is 37.8 Å². The van der Waals surface area contributed by atoms with E-state index in [4.69, 9.17) is 19.6 Å². The molecule has 0 aromatic carbocycles. The fourth-order valence-corrected chi connectivity index (χ4v) is 2.72. The molecule has 22 heavy (non-hydrogen) atoms. The predicted molar refractivity (Wildman–Crippen MR) is 82.2 cm³/mol. The zero-order chi connectivity index (χ0) is 16.9. The van der Waals surface area contributed by atoms with Crippen molar-refractivity contribution in [2.24, 2.45) is 0 Å². The Hall–Kier alpha value is 0.220. The van der Waals surface area contributed by atoms with Crippen LogP contribution in [0.5, 0.6) is 0 Å². The van der Waals surface area contributed by atoms with Crippen molar-refractivity contribution in [2.75, 3.05) is 13.2 Å². The summed E-state index contributed by atoms with van der Waals surface area (Å²) in [6.07, 6.45) is 9.61. The second-order valence-electron chi connectivity index (χ2n) is 5.18. The van der Waals surface area contributed by atoms with Gasteiger partial charge in [-0.1, -0.05) is 51.4 Å². The van der Waals surface area contributed by atoms with Crippen LogP contribution in [0, 0.1) is 0 Å². The molecule has 0 heterocycles. The van der Waals surface area contributed by atoms with E-state index in [9.17, 15) is 9.13 Å². The normalized spacial score (nSPS) is 12.7. The Kier molecular flexibility index (Phi) is 12.7. The van der Waals surface area contributed by atoms with E-state index in [1.807, 2.05) is 0 Å². The molecule has 0 aromatic heterocycles. The fraction of sp³-hybridized carbons (Fsp3) is 1.00. The van der Waals surface area contributed by atoms with Crippen LogP contribution in [-0.2, 0) is 18.2 Å². The van der Waals surface area contributed by atoms with E-state index in [-0.39, 0.29) is 13.2 Å². The maximum Gasteiger partial charge on any atom is 0.469 e. The van der Waals surface area contributed by atoms with Crippen molar-refractivity contribution in [3.8, 4) is 0 Å². The highest BCUT2D eigenvalue weighted by Gasteiger charge is 2.12. The van der Waals surface area contributed by atoms with E-state index in [1.165, 1.54) is 0 Å². The number of hydrogen-bond acceptors (Lipinski definition) is 4. The molecule has 0 aliphatic rings. The Morgan fingerprint density at radius 1 is 0.500 bits per heavy atom. The molecule has 0 aliphatic carbocycles. The fourth-order valence-electron chi connectivity index (χ4n) is 1.99. The van der Waals surface area contributed by atoms with Crippen LogP contribution in [0.2, 0.25) is 0 Å². The van der Waals surface area contributed by atoms with Crippen molar-refractivity contribution in [3.63, 3.8) is 0 Å². The highest BCUT2D eigenvalue weighted by molar-refractivity contribution is 7.46. The first-order valence-corrected chi connectivity index (χ1v) is 10.7. The minimum absolute atomic E-state index is 0.0982. The standard InChI is InChI=1S/C12H28O8P2/c13-21(14,15)19-11-9-7-5-3-1-2-4-6-8-10-12-20-22(16,17)18/h1-12H2,(H2,13,14,15)(H2,16,17,18). The molecule has 0 bridgehead atoms. The van der Waals surface area contributed by atoms with Crippen molar-refractivity contribution in [3.05, 3.63) is 0 Å². The van der Waals surface area contributed by atoms with Gasteiger partial charge in [0.25, 0.3) is 0 Å². The molecular weight excluding hydrogens is 334 g/mol. The number of phosphoric acid groups is 2. The van der Waals surface area contributed by atoms with Gasteiger partial charge in [-0.25, -0.2) is 9.13 Å². The molecule has 0 spiro atoms. The Bertz CT molecular complexity index is 317. The van der Waals surface area contributed by atoms with E-state index in [0.29, 0.717) is 12.8 Å². The van der Waals surface area contributed by atoms with Gasteiger partial charge in [-0.3, -0.25) is 9.05 Å². The molecular formula is C12H28O8P2. The van der Waals surface area contributed by atoms with Crippen LogP contribution in [0.15, 0.2) is 0 Å². The van der Waals surface area contributed by atoms with Gasteiger partial charge in [-0.15, -0.1) is 0 Å². The lowest BCUT2D eigenvalue weighted by Crippen LogP contribution is -1.92. The van der Waals surface area contributed by atoms with Gasteiger partial charge in [0.15, 0.2) is 0 Å². The minimum atomic E-state index is -4.31. The second-order valence-corrected chi connectivity index (χ2v) is 7.66. The first-order valence-electron chi connectivity index (χ1n) is 7.61. The molecule has 0 amide bonds. The largest absolute Gasteiger partial charge is 0.469 e. The summed E-state index contributed by atoms with van der Waals surface area (Å²) < 4.78 is 29.5. The van der Waals surface area contributed by atoms with Gasteiger partial charge in [0, 0.05) is 0 Å². The highest BCUT2D eigenvalue weighted by atomic mass is 31.2. The van der Waals surface area contributed by atoms with Crippen LogP contribution in [0.4, 0.5) is 0 Å². The van der Waals surface area contributed by atoms with Crippen molar-refractivity contribution in [1.82, 2.24) is 0 Å². The summed E-state index contributed by atoms with van der Waals surface area (Å²) in [5, 5.41) is 0. The summed E-state index contributed by atoms with van der Waals surface area (Å²) in [7, 11) is -8.62. The smallest absolute Gasteiger partial charge is 0.303 e. The molecule has 134 valence electrons. The summed E-state index contributed by atoms with van der Waals surface area (Å²) in [5.74, 6) is 0. The van der Waals surface area contributed by atoms with Crippen LogP contribution in [-0.4, -0.2) is 32.8 Å². The molecule has 0 aromatic rings. The lowest BCUT2D eigenvalue weighted by Gasteiger charge is -2.05. The van der Waals surface area contributed by atoms with E-state index in [2.05, 4.69) is 9.05 Å². The molecule has 4 N–H and O–H groups in total. The summed E-state index contributed by atoms with van der Waals surface area (Å²) >= 11 is 0. The monoisotopic (exact) mass is 362 g/mol. The lowest BCUT2D eigenvalue weighted by molar-refractivity contribution is 0.191. The van der Waals surface area contributed by atoms with Gasteiger partial charge >= 0.3 is 15.6 Å². The van der Waals surface area contributed by atoms with Gasteiger partial charge < -0.3 is 19.6 Å². The molecule has 0 saturated carbocycles. The Morgan fingerprint density at radius 2 is 0.727 bits per heavy atom. The van der Waals surface area contributed by atoms with Crippen LogP contribution in [0.3, 0.4) is 0 Å². The molecule has 8 nitrogen and oxygen atoms in total. The Balaban J connectivity index is 3.12. The van der Waals surface area contributed by atoms with Crippen molar-refractivity contribution >= 4 is 15.6 Å². The molecule has 0 fully saturated rings. The number of phosphoric ester groups is 2. The van der Waals surface area contributed by atoms with E-state index in [0.717, 1.165) is 51.4 Å². The van der Waals surface area contributed by atoms with Crippen LogP contribution in [0.25, 0.3) is 0 Å². The van der Waals surface area contributed by atoms with Crippen LogP contribution in [0.1, 0.15) is 64.2 Å². The Labute approximate surface area is 131 Å². The molecule has 0 aliphatic heterocycles. The van der Waals surface area contributed by atoms with E-state index < -0.39 is 15.6 Å². The summed E-state index contributed by atoms with van der Waals surface area (Å²) in [6.45, 7) is 0.196. The van der Waals surface area contributed by atoms with Crippen LogP contribution >= 0.6 is 15.6 Å². The molecule has 10 heteroatoms. The molecule has 0 atom stereocenters. The minimum Gasteiger partial charge on any atom is -0.303 e. The third kappa shape index (κ3) is 20.2. The lowest BCUT2D eigenvalue weighted by atomic mass is 10.1. The predicted octanol–water partition coefficient (Wildman–Crippen LogP) is 3.11. The van der Waals surface area contributed by atoms with Gasteiger partial charge in [0.1, 0.15) is 0 Å². The zero-order valence-electron chi connectivity index (χ0n) is 12.8. The zero-order valence-corrected chi connectivity index (χ0v) is 14.6. The van der Waals surface area contributed by atoms with Crippen LogP contribution < -0.4 is 0 Å². The molecule has 0 radical (unpaired) electrons. The van der Waals surface area contributed by atoms with Crippen molar-refractivity contribution in [2.45, 2.75) is 64.2 Å². The summed E-state index contributed by atoms with van der Waals surface area (Å²) in [5.41, 5.74) is 0. The first-order chi connectivity index (χ1) is 10.2. The highest BCUT2D eigenvalue weighted by Crippen LogP contribution is 2.36. The van der Waals surface area contributed by atoms with Crippen molar-refractivity contribution in [1.29, 1.82) is 0 Å². The van der Waals surface area contributed by atoms with Gasteiger partial charge in [0.2, 0.25) is 0 Å². The maximum atomic E-state index is 10.4. The molecule has 0 rings (SSSR count). The van der Waals surface area contributed by atoms with E-state index in [1.54, 1.807) is 0 Å². The first kappa shape index (κ1) is 22.2. The third-order valence-corrected chi connectivity index (χ3v) is 4.10. The van der Waals surface area contributed by atoms with Gasteiger partial charge in [0.05, 0.1) is 13.2 Å². The number of hydrogen-bond donors (Lipinski definition) is 4. The quantitative estimate of drug-likeness (QED) is 0.258. The molecule has 0 unspecified atom stereocenters. The molecule has 0 saturated heterocycles. The summed E-state index contributed by atoms with van der Waals surface area (Å²) in [4.78, 5) is 33.9. The number of unbranched alkanes of at least 4 members (excludes halogenated alkanes) is 9. The maximum absolute atomic E-state index is 10.4. The second kappa shape index (κ2) is 12.6. The third-order valence-electron chi connectivity index (χ3n) is 3.06. The Morgan fingerprint density at radius 3 is 0.955 bits per heavy atom. The van der Waals surface area contributed by atoms with E-state index >= 15 is 0 Å². The topological polar surface area (TPSA) is 134 Å².